The Labute approximate surface area is 184 Å². The summed E-state index contributed by atoms with van der Waals surface area (Å²) in [5, 5.41) is 7.38. The second-order valence-corrected chi connectivity index (χ2v) is 7.14. The standard InChI is InChI=1S/C19H30ClN5O.HI/c1-22-19(24-14-15-5-4-6-17(20)13-15)23-9-2-3-10-25-11-7-16(8-12-25)18(21)26;/h4-6,13,16H,2-3,7-12,14H2,1H3,(H2,21,26)(H2,22,23,24);1H. The van der Waals surface area contributed by atoms with Crippen molar-refractivity contribution < 1.29 is 4.79 Å². The molecule has 0 bridgehead atoms. The van der Waals surface area contributed by atoms with Crippen molar-refractivity contribution in [2.75, 3.05) is 33.2 Å². The van der Waals surface area contributed by atoms with Gasteiger partial charge in [0.15, 0.2) is 5.96 Å². The summed E-state index contributed by atoms with van der Waals surface area (Å²) < 4.78 is 0. The molecule has 1 fully saturated rings. The Kier molecular flexibility index (Phi) is 11.7. The third kappa shape index (κ3) is 9.12. The lowest BCUT2D eigenvalue weighted by molar-refractivity contribution is -0.123. The number of nitrogens with zero attached hydrogens (tertiary/aromatic N) is 2. The maximum atomic E-state index is 11.2. The number of rotatable bonds is 8. The van der Waals surface area contributed by atoms with Gasteiger partial charge < -0.3 is 21.3 Å². The van der Waals surface area contributed by atoms with E-state index in [4.69, 9.17) is 17.3 Å². The fraction of sp³-hybridized carbons (Fsp3) is 0.579. The van der Waals surface area contributed by atoms with E-state index < -0.39 is 0 Å². The molecule has 1 aliphatic rings. The highest BCUT2D eigenvalue weighted by atomic mass is 127. The lowest BCUT2D eigenvalue weighted by atomic mass is 9.96. The largest absolute Gasteiger partial charge is 0.369 e. The predicted molar refractivity (Wildman–Crippen MR) is 123 cm³/mol. The van der Waals surface area contributed by atoms with Crippen molar-refractivity contribution in [2.24, 2.45) is 16.6 Å². The summed E-state index contributed by atoms with van der Waals surface area (Å²) in [6.07, 6.45) is 3.99. The number of likely N-dealkylation sites (tertiary alicyclic amines) is 1. The number of carbonyl (C=O) groups is 1. The van der Waals surface area contributed by atoms with Gasteiger partial charge in [-0.25, -0.2) is 0 Å². The van der Waals surface area contributed by atoms with Gasteiger partial charge in [0.2, 0.25) is 5.91 Å². The van der Waals surface area contributed by atoms with Gasteiger partial charge in [-0.3, -0.25) is 9.79 Å². The molecule has 8 heteroatoms. The van der Waals surface area contributed by atoms with Crippen molar-refractivity contribution in [1.82, 2.24) is 15.5 Å². The number of piperidine rings is 1. The molecular formula is C19H31ClIN5O. The number of carbonyl (C=O) groups excluding carboxylic acids is 1. The first kappa shape index (κ1) is 24.0. The topological polar surface area (TPSA) is 82.8 Å². The van der Waals surface area contributed by atoms with Crippen LogP contribution in [0.5, 0.6) is 0 Å². The molecule has 1 aliphatic heterocycles. The summed E-state index contributed by atoms with van der Waals surface area (Å²) in [6.45, 7) is 4.59. The highest BCUT2D eigenvalue weighted by Crippen LogP contribution is 2.16. The first-order valence-corrected chi connectivity index (χ1v) is 9.67. The highest BCUT2D eigenvalue weighted by molar-refractivity contribution is 14.0. The molecule has 0 aliphatic carbocycles. The number of hydrogen-bond donors (Lipinski definition) is 3. The van der Waals surface area contributed by atoms with Gasteiger partial charge in [0.1, 0.15) is 0 Å². The Balaban J connectivity index is 0.00000364. The number of guanidine groups is 1. The van der Waals surface area contributed by atoms with Gasteiger partial charge in [0, 0.05) is 31.1 Å². The number of aliphatic imine (C=N–C) groups is 1. The lowest BCUT2D eigenvalue weighted by Crippen LogP contribution is -2.39. The second kappa shape index (κ2) is 13.2. The molecule has 1 aromatic rings. The van der Waals surface area contributed by atoms with E-state index in [1.54, 1.807) is 7.05 Å². The van der Waals surface area contributed by atoms with Gasteiger partial charge in [-0.2, -0.15) is 0 Å². The van der Waals surface area contributed by atoms with Gasteiger partial charge in [-0.05, 0) is 63.0 Å². The molecule has 0 atom stereocenters. The van der Waals surface area contributed by atoms with Crippen LogP contribution >= 0.6 is 35.6 Å². The van der Waals surface area contributed by atoms with Crippen LogP contribution < -0.4 is 16.4 Å². The van der Waals surface area contributed by atoms with Crippen molar-refractivity contribution >= 4 is 47.4 Å². The number of amides is 1. The number of nitrogens with one attached hydrogen (secondary N) is 2. The van der Waals surface area contributed by atoms with E-state index in [0.29, 0.717) is 6.54 Å². The van der Waals surface area contributed by atoms with Crippen LogP contribution in [0, 0.1) is 5.92 Å². The van der Waals surface area contributed by atoms with Crippen molar-refractivity contribution in [3.8, 4) is 0 Å². The van der Waals surface area contributed by atoms with Crippen LogP contribution in [0.1, 0.15) is 31.2 Å². The van der Waals surface area contributed by atoms with Crippen molar-refractivity contribution in [3.63, 3.8) is 0 Å². The molecule has 0 unspecified atom stereocenters. The third-order valence-corrected chi connectivity index (χ3v) is 4.99. The van der Waals surface area contributed by atoms with Gasteiger partial charge in [0.05, 0.1) is 0 Å². The number of benzene rings is 1. The number of hydrogen-bond acceptors (Lipinski definition) is 3. The molecule has 1 amide bonds. The van der Waals surface area contributed by atoms with Crippen LogP contribution in [-0.2, 0) is 11.3 Å². The summed E-state index contributed by atoms with van der Waals surface area (Å²) in [4.78, 5) is 17.9. The number of halogens is 2. The quantitative estimate of drug-likeness (QED) is 0.219. The van der Waals surface area contributed by atoms with E-state index in [9.17, 15) is 4.79 Å². The minimum absolute atomic E-state index is 0. The van der Waals surface area contributed by atoms with Crippen LogP contribution in [0.2, 0.25) is 5.02 Å². The van der Waals surface area contributed by atoms with Gasteiger partial charge in [-0.1, -0.05) is 23.7 Å². The normalized spacial score (nSPS) is 15.9. The molecule has 27 heavy (non-hydrogen) atoms. The van der Waals surface area contributed by atoms with Gasteiger partial charge in [0.25, 0.3) is 0 Å². The Morgan fingerprint density at radius 3 is 2.67 bits per heavy atom. The molecule has 4 N–H and O–H groups in total. The minimum Gasteiger partial charge on any atom is -0.369 e. The van der Waals surface area contributed by atoms with E-state index in [2.05, 4.69) is 20.5 Å². The Hall–Kier alpha value is -1.06. The summed E-state index contributed by atoms with van der Waals surface area (Å²) in [5.74, 6) is 0.722. The molecule has 1 saturated heterocycles. The molecule has 2 rings (SSSR count). The molecule has 6 nitrogen and oxygen atoms in total. The Morgan fingerprint density at radius 2 is 2.04 bits per heavy atom. The van der Waals surface area contributed by atoms with Crippen LogP contribution in [0.15, 0.2) is 29.3 Å². The van der Waals surface area contributed by atoms with Crippen LogP contribution in [-0.4, -0.2) is 50.0 Å². The first-order chi connectivity index (χ1) is 12.6. The molecule has 152 valence electrons. The van der Waals surface area contributed by atoms with E-state index in [-0.39, 0.29) is 35.8 Å². The van der Waals surface area contributed by atoms with E-state index in [1.165, 1.54) is 0 Å². The number of primary amides is 1. The van der Waals surface area contributed by atoms with Crippen molar-refractivity contribution in [2.45, 2.75) is 32.2 Å². The predicted octanol–water partition coefficient (Wildman–Crippen LogP) is 2.60. The van der Waals surface area contributed by atoms with E-state index >= 15 is 0 Å². The van der Waals surface area contributed by atoms with Crippen LogP contribution in [0.4, 0.5) is 0 Å². The van der Waals surface area contributed by atoms with Crippen LogP contribution in [0.25, 0.3) is 0 Å². The van der Waals surface area contributed by atoms with Crippen LogP contribution in [0.3, 0.4) is 0 Å². The van der Waals surface area contributed by atoms with Crippen molar-refractivity contribution in [1.29, 1.82) is 0 Å². The second-order valence-electron chi connectivity index (χ2n) is 6.71. The Bertz CT molecular complexity index is 606. The van der Waals surface area contributed by atoms with Gasteiger partial charge in [-0.15, -0.1) is 24.0 Å². The minimum atomic E-state index is -0.148. The summed E-state index contributed by atoms with van der Waals surface area (Å²) in [6, 6.07) is 7.80. The molecule has 1 heterocycles. The fourth-order valence-corrected chi connectivity index (χ4v) is 3.37. The SMILES string of the molecule is CN=C(NCCCCN1CCC(C(N)=O)CC1)NCc1cccc(Cl)c1.I. The maximum absolute atomic E-state index is 11.2. The average molecular weight is 508 g/mol. The molecule has 0 radical (unpaired) electrons. The summed E-state index contributed by atoms with van der Waals surface area (Å²) in [7, 11) is 1.77. The van der Waals surface area contributed by atoms with Crippen molar-refractivity contribution in [3.05, 3.63) is 34.9 Å². The average Bonchev–Trinajstić information content (AvgIpc) is 2.64. The van der Waals surface area contributed by atoms with E-state index in [1.807, 2.05) is 24.3 Å². The van der Waals surface area contributed by atoms with E-state index in [0.717, 1.165) is 68.4 Å². The monoisotopic (exact) mass is 507 g/mol. The molecular weight excluding hydrogens is 477 g/mol. The molecule has 0 saturated carbocycles. The smallest absolute Gasteiger partial charge is 0.220 e. The number of unbranched alkanes of at least 4 members (excludes halogenated alkanes) is 1. The zero-order valence-electron chi connectivity index (χ0n) is 15.9. The first-order valence-electron chi connectivity index (χ1n) is 9.29. The number of nitrogens with two attached hydrogens (primary N) is 1. The summed E-state index contributed by atoms with van der Waals surface area (Å²) >= 11 is 6.00. The molecule has 0 spiro atoms. The zero-order valence-corrected chi connectivity index (χ0v) is 19.0. The lowest BCUT2D eigenvalue weighted by Gasteiger charge is -2.30. The Morgan fingerprint density at radius 1 is 1.30 bits per heavy atom. The third-order valence-electron chi connectivity index (χ3n) is 4.76. The fourth-order valence-electron chi connectivity index (χ4n) is 3.16. The van der Waals surface area contributed by atoms with Gasteiger partial charge >= 0.3 is 0 Å². The maximum Gasteiger partial charge on any atom is 0.220 e. The zero-order chi connectivity index (χ0) is 18.8. The molecule has 0 aromatic heterocycles. The summed E-state index contributed by atoms with van der Waals surface area (Å²) in [5.41, 5.74) is 6.50. The molecule has 1 aromatic carbocycles. The highest BCUT2D eigenvalue weighted by Gasteiger charge is 2.22.